The fraction of sp³-hybridized carbons (Fsp3) is 0.450. The van der Waals surface area contributed by atoms with Gasteiger partial charge in [0.05, 0.1) is 11.0 Å². The number of carbonyl (C=O) groups excluding carboxylic acids is 2. The van der Waals surface area contributed by atoms with Crippen molar-refractivity contribution in [1.29, 1.82) is 0 Å². The van der Waals surface area contributed by atoms with E-state index in [1.165, 1.54) is 36.7 Å². The molecule has 1 atom stereocenters. The molecule has 2 heterocycles. The highest BCUT2D eigenvalue weighted by Gasteiger charge is 2.17. The zero-order valence-corrected chi connectivity index (χ0v) is 17.1. The molecule has 2 N–H and O–H groups in total. The van der Waals surface area contributed by atoms with Gasteiger partial charge in [-0.3, -0.25) is 9.59 Å². The number of anilines is 3. The summed E-state index contributed by atoms with van der Waals surface area (Å²) >= 11 is 1.27. The van der Waals surface area contributed by atoms with Gasteiger partial charge in [-0.25, -0.2) is 0 Å². The molecule has 1 fully saturated rings. The predicted molar refractivity (Wildman–Crippen MR) is 113 cm³/mol. The van der Waals surface area contributed by atoms with Crippen LogP contribution >= 0.6 is 11.8 Å². The largest absolute Gasteiger partial charge is 0.372 e. The number of nitrogens with one attached hydrogen (secondary N) is 2. The lowest BCUT2D eigenvalue weighted by Crippen LogP contribution is -2.29. The van der Waals surface area contributed by atoms with Crippen molar-refractivity contribution in [1.82, 2.24) is 5.16 Å². The molecule has 7 nitrogen and oxygen atoms in total. The molecule has 0 saturated carbocycles. The van der Waals surface area contributed by atoms with E-state index in [1.54, 1.807) is 19.9 Å². The lowest BCUT2D eigenvalue weighted by molar-refractivity contribution is -0.115. The van der Waals surface area contributed by atoms with E-state index in [-0.39, 0.29) is 22.8 Å². The minimum Gasteiger partial charge on any atom is -0.372 e. The molecule has 1 aliphatic rings. The Kier molecular flexibility index (Phi) is 6.97. The lowest BCUT2D eigenvalue weighted by atomic mass is 10.1. The van der Waals surface area contributed by atoms with Gasteiger partial charge < -0.3 is 20.1 Å². The van der Waals surface area contributed by atoms with Gasteiger partial charge in [0.2, 0.25) is 11.8 Å². The highest BCUT2D eigenvalue weighted by Crippen LogP contribution is 2.22. The van der Waals surface area contributed by atoms with Crippen molar-refractivity contribution in [3.8, 4) is 0 Å². The summed E-state index contributed by atoms with van der Waals surface area (Å²) in [6.45, 7) is 5.70. The third kappa shape index (κ3) is 5.76. The van der Waals surface area contributed by atoms with E-state index in [2.05, 4.69) is 20.7 Å². The van der Waals surface area contributed by atoms with Gasteiger partial charge in [-0.2, -0.15) is 0 Å². The fourth-order valence-corrected chi connectivity index (χ4v) is 3.72. The Morgan fingerprint density at radius 1 is 1.18 bits per heavy atom. The van der Waals surface area contributed by atoms with Crippen LogP contribution in [-0.4, -0.2) is 41.1 Å². The number of benzene rings is 1. The van der Waals surface area contributed by atoms with E-state index in [4.69, 9.17) is 4.52 Å². The summed E-state index contributed by atoms with van der Waals surface area (Å²) in [6, 6.07) is 9.59. The van der Waals surface area contributed by atoms with E-state index in [1.807, 2.05) is 24.3 Å². The number of thioether (sulfide) groups is 1. The van der Waals surface area contributed by atoms with Crippen molar-refractivity contribution in [2.24, 2.45) is 0 Å². The topological polar surface area (TPSA) is 87.5 Å². The molecule has 2 amide bonds. The number of amides is 2. The number of nitrogens with zero attached hydrogens (tertiary/aromatic N) is 2. The van der Waals surface area contributed by atoms with Crippen molar-refractivity contribution in [2.75, 3.05) is 34.4 Å². The van der Waals surface area contributed by atoms with Crippen molar-refractivity contribution in [3.63, 3.8) is 0 Å². The van der Waals surface area contributed by atoms with Crippen LogP contribution in [0.2, 0.25) is 0 Å². The predicted octanol–water partition coefficient (Wildman–Crippen LogP) is 3.67. The van der Waals surface area contributed by atoms with Crippen LogP contribution in [0.5, 0.6) is 0 Å². The molecular weight excluding hydrogens is 376 g/mol. The smallest absolute Gasteiger partial charge is 0.238 e. The molecule has 1 unspecified atom stereocenters. The Morgan fingerprint density at radius 2 is 1.89 bits per heavy atom. The highest BCUT2D eigenvalue weighted by molar-refractivity contribution is 8.01. The van der Waals surface area contributed by atoms with Gasteiger partial charge in [0, 0.05) is 30.5 Å². The summed E-state index contributed by atoms with van der Waals surface area (Å²) in [6.07, 6.45) is 3.77. The van der Waals surface area contributed by atoms with Gasteiger partial charge in [-0.1, -0.05) is 5.16 Å². The van der Waals surface area contributed by atoms with Crippen LogP contribution in [0.25, 0.3) is 0 Å². The van der Waals surface area contributed by atoms with Gasteiger partial charge in [0.1, 0.15) is 5.76 Å². The van der Waals surface area contributed by atoms with Gasteiger partial charge in [-0.05, 0) is 57.4 Å². The fourth-order valence-electron chi connectivity index (χ4n) is 3.03. The first kappa shape index (κ1) is 20.3. The van der Waals surface area contributed by atoms with Crippen molar-refractivity contribution >= 4 is 40.8 Å². The summed E-state index contributed by atoms with van der Waals surface area (Å²) in [7, 11) is 0. The monoisotopic (exact) mass is 402 g/mol. The van der Waals surface area contributed by atoms with Crippen LogP contribution in [0.1, 0.15) is 31.9 Å². The van der Waals surface area contributed by atoms with Gasteiger partial charge in [0.25, 0.3) is 0 Å². The Balaban J connectivity index is 1.42. The van der Waals surface area contributed by atoms with Gasteiger partial charge in [0.15, 0.2) is 5.82 Å². The van der Waals surface area contributed by atoms with E-state index in [0.717, 1.165) is 18.8 Å². The average Bonchev–Trinajstić information content (AvgIpc) is 3.12. The zero-order chi connectivity index (χ0) is 19.9. The van der Waals surface area contributed by atoms with Crippen molar-refractivity contribution < 1.29 is 14.1 Å². The second kappa shape index (κ2) is 9.64. The van der Waals surface area contributed by atoms with Gasteiger partial charge in [-0.15, -0.1) is 11.8 Å². The number of hydrogen-bond donors (Lipinski definition) is 2. The maximum Gasteiger partial charge on any atom is 0.238 e. The second-order valence-electron chi connectivity index (χ2n) is 6.91. The molecule has 28 heavy (non-hydrogen) atoms. The molecule has 8 heteroatoms. The standard InChI is InChI=1S/C20H26N4O3S/c1-14-12-18(23-27-14)22-20(26)15(2)28-13-19(25)21-16-6-8-17(9-7-16)24-10-4-3-5-11-24/h6-9,12,15H,3-5,10-11,13H2,1-2H3,(H,21,25)(H,22,23,26). The number of hydrogen-bond acceptors (Lipinski definition) is 6. The molecule has 0 spiro atoms. The van der Waals surface area contributed by atoms with Crippen LogP contribution in [-0.2, 0) is 9.59 Å². The first-order chi connectivity index (χ1) is 13.5. The second-order valence-corrected chi connectivity index (χ2v) is 8.24. The molecule has 1 aromatic carbocycles. The number of aromatic nitrogens is 1. The molecule has 150 valence electrons. The van der Waals surface area contributed by atoms with Crippen LogP contribution < -0.4 is 15.5 Å². The number of carbonyl (C=O) groups is 2. The van der Waals surface area contributed by atoms with Crippen LogP contribution in [0.3, 0.4) is 0 Å². The van der Waals surface area contributed by atoms with Gasteiger partial charge >= 0.3 is 0 Å². The Labute approximate surface area is 169 Å². The molecule has 1 saturated heterocycles. The van der Waals surface area contributed by atoms with Crippen molar-refractivity contribution in [2.45, 2.75) is 38.4 Å². The quantitative estimate of drug-likeness (QED) is 0.735. The van der Waals surface area contributed by atoms with Crippen LogP contribution in [0, 0.1) is 6.92 Å². The van der Waals surface area contributed by atoms with E-state index >= 15 is 0 Å². The summed E-state index contributed by atoms with van der Waals surface area (Å²) in [5, 5.41) is 8.90. The van der Waals surface area contributed by atoms with Crippen molar-refractivity contribution in [3.05, 3.63) is 36.1 Å². The first-order valence-electron chi connectivity index (χ1n) is 9.52. The normalized spacial score (nSPS) is 15.1. The summed E-state index contributed by atoms with van der Waals surface area (Å²) in [5.41, 5.74) is 1.96. The summed E-state index contributed by atoms with van der Waals surface area (Å²) in [4.78, 5) is 26.7. The van der Waals surface area contributed by atoms with E-state index in [0.29, 0.717) is 11.6 Å². The molecule has 0 bridgehead atoms. The molecule has 2 aromatic rings. The summed E-state index contributed by atoms with van der Waals surface area (Å²) < 4.78 is 4.92. The van der Waals surface area contributed by atoms with E-state index < -0.39 is 0 Å². The Morgan fingerprint density at radius 3 is 2.54 bits per heavy atom. The van der Waals surface area contributed by atoms with Crippen LogP contribution in [0.15, 0.2) is 34.9 Å². The zero-order valence-electron chi connectivity index (χ0n) is 16.2. The number of aryl methyl sites for hydroxylation is 1. The minimum atomic E-state index is -0.385. The number of piperidine rings is 1. The van der Waals surface area contributed by atoms with E-state index in [9.17, 15) is 9.59 Å². The Bertz CT molecular complexity index is 800. The molecule has 0 radical (unpaired) electrons. The summed E-state index contributed by atoms with van der Waals surface area (Å²) in [5.74, 6) is 0.861. The highest BCUT2D eigenvalue weighted by atomic mass is 32.2. The average molecular weight is 403 g/mol. The maximum atomic E-state index is 12.2. The van der Waals surface area contributed by atoms with Crippen LogP contribution in [0.4, 0.5) is 17.2 Å². The molecular formula is C20H26N4O3S. The SMILES string of the molecule is Cc1cc(NC(=O)C(C)SCC(=O)Nc2ccc(N3CCCCC3)cc2)no1. The lowest BCUT2D eigenvalue weighted by Gasteiger charge is -2.28. The number of rotatable bonds is 7. The third-order valence-electron chi connectivity index (χ3n) is 4.59. The molecule has 1 aliphatic heterocycles. The molecule has 3 rings (SSSR count). The molecule has 0 aliphatic carbocycles. The molecule has 1 aromatic heterocycles. The maximum absolute atomic E-state index is 12.2. The first-order valence-corrected chi connectivity index (χ1v) is 10.6. The third-order valence-corrected chi connectivity index (χ3v) is 5.73. The minimum absolute atomic E-state index is 0.132. The Hall–Kier alpha value is -2.48.